The van der Waals surface area contributed by atoms with Crippen LogP contribution in [0.2, 0.25) is 0 Å². The maximum absolute atomic E-state index is 6.10. The predicted molar refractivity (Wildman–Crippen MR) is 78.6 cm³/mol. The zero-order chi connectivity index (χ0) is 13.0. The van der Waals surface area contributed by atoms with Crippen molar-refractivity contribution in [3.05, 3.63) is 35.4 Å². The molecule has 0 bridgehead atoms. The molecular weight excluding hydrogens is 218 g/mol. The molecule has 1 nitrogen and oxygen atoms in total. The molecule has 0 saturated heterocycles. The molecule has 1 aliphatic carbocycles. The average molecular weight is 245 g/mol. The van der Waals surface area contributed by atoms with Crippen molar-refractivity contribution in [1.29, 1.82) is 0 Å². The lowest BCUT2D eigenvalue weighted by atomic mass is 9.67. The van der Waals surface area contributed by atoms with E-state index in [1.165, 1.54) is 36.8 Å². The van der Waals surface area contributed by atoms with Gasteiger partial charge in [-0.05, 0) is 54.7 Å². The fourth-order valence-electron chi connectivity index (χ4n) is 3.51. The first kappa shape index (κ1) is 13.6. The van der Waals surface area contributed by atoms with Gasteiger partial charge in [0.05, 0.1) is 0 Å². The molecule has 100 valence electrons. The molecule has 0 aromatic heterocycles. The fourth-order valence-corrected chi connectivity index (χ4v) is 3.51. The second-order valence-electron chi connectivity index (χ2n) is 6.25. The predicted octanol–water partition coefficient (Wildman–Crippen LogP) is 3.95. The molecular formula is C17H27N. The normalized spacial score (nSPS) is 28.3. The van der Waals surface area contributed by atoms with E-state index in [2.05, 4.69) is 38.1 Å². The van der Waals surface area contributed by atoms with Crippen LogP contribution in [0.1, 0.15) is 50.7 Å². The Hall–Kier alpha value is -0.820. The van der Waals surface area contributed by atoms with Crippen molar-refractivity contribution in [2.75, 3.05) is 6.54 Å². The molecule has 2 rings (SSSR count). The summed E-state index contributed by atoms with van der Waals surface area (Å²) in [5.41, 5.74) is 9.36. The molecule has 0 aliphatic heterocycles. The largest absolute Gasteiger partial charge is 0.330 e. The zero-order valence-corrected chi connectivity index (χ0v) is 11.9. The smallest absolute Gasteiger partial charge is 0.00172 e. The Balaban J connectivity index is 2.08. The summed E-state index contributed by atoms with van der Waals surface area (Å²) in [7, 11) is 0. The molecule has 1 aliphatic rings. The fraction of sp³-hybridized carbons (Fsp3) is 0.647. The van der Waals surface area contributed by atoms with E-state index in [4.69, 9.17) is 5.73 Å². The minimum atomic E-state index is 0.366. The molecule has 18 heavy (non-hydrogen) atoms. The second kappa shape index (κ2) is 5.88. The van der Waals surface area contributed by atoms with Gasteiger partial charge in [-0.3, -0.25) is 0 Å². The van der Waals surface area contributed by atoms with Crippen molar-refractivity contribution in [2.24, 2.45) is 17.1 Å². The minimum Gasteiger partial charge on any atom is -0.330 e. The molecule has 1 fully saturated rings. The highest BCUT2D eigenvalue weighted by Crippen LogP contribution is 2.41. The number of nitrogens with two attached hydrogens (primary N) is 1. The molecule has 1 aromatic rings. The summed E-state index contributed by atoms with van der Waals surface area (Å²) < 4.78 is 0. The summed E-state index contributed by atoms with van der Waals surface area (Å²) in [6, 6.07) is 9.14. The summed E-state index contributed by atoms with van der Waals surface area (Å²) in [5, 5.41) is 0. The van der Waals surface area contributed by atoms with Gasteiger partial charge in [-0.15, -0.1) is 0 Å². The first-order valence-corrected chi connectivity index (χ1v) is 7.45. The molecule has 0 heterocycles. The quantitative estimate of drug-likeness (QED) is 0.854. The van der Waals surface area contributed by atoms with E-state index in [1.807, 2.05) is 0 Å². The molecule has 1 saturated carbocycles. The molecule has 0 amide bonds. The number of hydrogen-bond donors (Lipinski definition) is 1. The third-order valence-electron chi connectivity index (χ3n) is 4.63. The lowest BCUT2D eigenvalue weighted by molar-refractivity contribution is 0.154. The zero-order valence-electron chi connectivity index (χ0n) is 11.9. The number of hydrogen-bond acceptors (Lipinski definition) is 1. The van der Waals surface area contributed by atoms with Crippen molar-refractivity contribution in [3.63, 3.8) is 0 Å². The molecule has 2 atom stereocenters. The first-order valence-electron chi connectivity index (χ1n) is 7.45. The molecule has 0 spiro atoms. The molecule has 1 heteroatoms. The van der Waals surface area contributed by atoms with Crippen molar-refractivity contribution < 1.29 is 0 Å². The van der Waals surface area contributed by atoms with E-state index < -0.39 is 0 Å². The summed E-state index contributed by atoms with van der Waals surface area (Å²) in [6.07, 6.45) is 7.64. The highest BCUT2D eigenvalue weighted by Gasteiger charge is 2.33. The summed E-state index contributed by atoms with van der Waals surface area (Å²) >= 11 is 0. The SMILES string of the molecule is CCc1ccc(CC2(CN)CCCC(C)C2)cc1. The van der Waals surface area contributed by atoms with Crippen LogP contribution in [0.3, 0.4) is 0 Å². The van der Waals surface area contributed by atoms with E-state index >= 15 is 0 Å². The highest BCUT2D eigenvalue weighted by atomic mass is 14.6. The molecule has 0 radical (unpaired) electrons. The third-order valence-corrected chi connectivity index (χ3v) is 4.63. The van der Waals surface area contributed by atoms with Gasteiger partial charge in [-0.2, -0.15) is 0 Å². The Labute approximate surface area is 112 Å². The number of rotatable bonds is 4. The summed E-state index contributed by atoms with van der Waals surface area (Å²) in [5.74, 6) is 0.845. The third kappa shape index (κ3) is 3.14. The maximum atomic E-state index is 6.10. The minimum absolute atomic E-state index is 0.366. The van der Waals surface area contributed by atoms with Crippen LogP contribution in [-0.2, 0) is 12.8 Å². The Morgan fingerprint density at radius 2 is 1.89 bits per heavy atom. The second-order valence-corrected chi connectivity index (χ2v) is 6.25. The number of benzene rings is 1. The van der Waals surface area contributed by atoms with Gasteiger partial charge in [0.15, 0.2) is 0 Å². The first-order chi connectivity index (χ1) is 8.67. The lowest BCUT2D eigenvalue weighted by Gasteiger charge is -2.39. The van der Waals surface area contributed by atoms with Crippen LogP contribution in [-0.4, -0.2) is 6.54 Å². The van der Waals surface area contributed by atoms with Crippen LogP contribution in [0.25, 0.3) is 0 Å². The molecule has 1 aromatic carbocycles. The van der Waals surface area contributed by atoms with E-state index in [0.717, 1.165) is 25.3 Å². The van der Waals surface area contributed by atoms with Gasteiger partial charge < -0.3 is 5.73 Å². The van der Waals surface area contributed by atoms with Crippen LogP contribution < -0.4 is 5.73 Å². The van der Waals surface area contributed by atoms with E-state index in [0.29, 0.717) is 5.41 Å². The average Bonchev–Trinajstić information content (AvgIpc) is 2.39. The summed E-state index contributed by atoms with van der Waals surface area (Å²) in [6.45, 7) is 5.43. The van der Waals surface area contributed by atoms with E-state index in [-0.39, 0.29) is 0 Å². The van der Waals surface area contributed by atoms with Gasteiger partial charge in [0.25, 0.3) is 0 Å². The van der Waals surface area contributed by atoms with Crippen molar-refractivity contribution in [1.82, 2.24) is 0 Å². The monoisotopic (exact) mass is 245 g/mol. The Morgan fingerprint density at radius 1 is 1.22 bits per heavy atom. The van der Waals surface area contributed by atoms with Crippen LogP contribution in [0.5, 0.6) is 0 Å². The van der Waals surface area contributed by atoms with E-state index in [1.54, 1.807) is 0 Å². The Bertz CT molecular complexity index is 368. The van der Waals surface area contributed by atoms with Gasteiger partial charge in [-0.1, -0.05) is 51.0 Å². The molecule has 2 N–H and O–H groups in total. The van der Waals surface area contributed by atoms with Crippen molar-refractivity contribution >= 4 is 0 Å². The van der Waals surface area contributed by atoms with Crippen LogP contribution in [0.4, 0.5) is 0 Å². The Morgan fingerprint density at radius 3 is 2.44 bits per heavy atom. The molecule has 2 unspecified atom stereocenters. The summed E-state index contributed by atoms with van der Waals surface area (Å²) in [4.78, 5) is 0. The number of aryl methyl sites for hydroxylation is 1. The van der Waals surface area contributed by atoms with Gasteiger partial charge in [0.2, 0.25) is 0 Å². The van der Waals surface area contributed by atoms with Crippen LogP contribution in [0.15, 0.2) is 24.3 Å². The van der Waals surface area contributed by atoms with Gasteiger partial charge >= 0.3 is 0 Å². The Kier molecular flexibility index (Phi) is 4.45. The van der Waals surface area contributed by atoms with Gasteiger partial charge in [-0.25, -0.2) is 0 Å². The van der Waals surface area contributed by atoms with Gasteiger partial charge in [0.1, 0.15) is 0 Å². The highest BCUT2D eigenvalue weighted by molar-refractivity contribution is 5.23. The van der Waals surface area contributed by atoms with Crippen molar-refractivity contribution in [3.8, 4) is 0 Å². The van der Waals surface area contributed by atoms with Crippen LogP contribution >= 0.6 is 0 Å². The maximum Gasteiger partial charge on any atom is -0.00172 e. The topological polar surface area (TPSA) is 26.0 Å². The van der Waals surface area contributed by atoms with Gasteiger partial charge in [0, 0.05) is 0 Å². The standard InChI is InChI=1S/C17H27N/c1-3-15-6-8-16(9-7-15)12-17(13-18)10-4-5-14(2)11-17/h6-9,14H,3-5,10-13,18H2,1-2H3. The lowest BCUT2D eigenvalue weighted by Crippen LogP contribution is -2.37. The van der Waals surface area contributed by atoms with Crippen LogP contribution in [0, 0.1) is 11.3 Å². The van der Waals surface area contributed by atoms with E-state index in [9.17, 15) is 0 Å². The van der Waals surface area contributed by atoms with Crippen molar-refractivity contribution in [2.45, 2.75) is 52.4 Å².